The maximum absolute atomic E-state index is 12.0. The highest BCUT2D eigenvalue weighted by atomic mass is 19.4. The minimum absolute atomic E-state index is 0.0239. The van der Waals surface area contributed by atoms with Crippen molar-refractivity contribution in [1.82, 2.24) is 0 Å². The van der Waals surface area contributed by atoms with Gasteiger partial charge in [0.1, 0.15) is 6.10 Å². The second kappa shape index (κ2) is 11.7. The van der Waals surface area contributed by atoms with E-state index in [9.17, 15) is 22.8 Å². The Balaban J connectivity index is 0.000000622. The molecule has 0 aromatic carbocycles. The van der Waals surface area contributed by atoms with E-state index >= 15 is 0 Å². The first-order valence-electron chi connectivity index (χ1n) is 11.8. The highest BCUT2D eigenvalue weighted by Gasteiger charge is 2.41. The summed E-state index contributed by atoms with van der Waals surface area (Å²) in [5.41, 5.74) is -0.807. The Morgan fingerprint density at radius 2 is 1.22 bits per heavy atom. The number of hydrogen-bond donors (Lipinski definition) is 0. The van der Waals surface area contributed by atoms with Crippen LogP contribution in [0, 0.1) is 22.2 Å². The average molecular weight is 467 g/mol. The van der Waals surface area contributed by atoms with Crippen LogP contribution in [0.5, 0.6) is 0 Å². The Hall–Kier alpha value is -1.27. The fraction of sp³-hybridized carbons (Fsp3) is 0.920. The standard InChI is InChI=1S/C16H30O2.C9H15F3O2/c1-7-16(5,6)14(17)18-13-10-8-12(9-11-13)15(2,3)4;1-5-8(3,4)7(13)14-6(2)9(10,11)12/h12-13H,7-11H2,1-6H3;6H,5H2,1-4H3. The van der Waals surface area contributed by atoms with E-state index in [4.69, 9.17) is 4.74 Å². The zero-order valence-electron chi connectivity index (χ0n) is 21.7. The Morgan fingerprint density at radius 1 is 0.812 bits per heavy atom. The molecular formula is C25H45F3O4. The molecule has 0 amide bonds. The summed E-state index contributed by atoms with van der Waals surface area (Å²) in [4.78, 5) is 23.3. The van der Waals surface area contributed by atoms with Crippen molar-refractivity contribution in [3.8, 4) is 0 Å². The SMILES string of the molecule is CCC(C)(C)C(=O)OC(C)C(F)(F)F.CCC(C)(C)C(=O)OC1CCC(C(C)(C)C)CC1. The number of halogens is 3. The van der Waals surface area contributed by atoms with Crippen LogP contribution in [0.1, 0.15) is 108 Å². The van der Waals surface area contributed by atoms with Crippen LogP contribution in [-0.2, 0) is 19.1 Å². The maximum Gasteiger partial charge on any atom is 0.425 e. The van der Waals surface area contributed by atoms with Crippen LogP contribution in [0.4, 0.5) is 13.2 Å². The topological polar surface area (TPSA) is 52.6 Å². The summed E-state index contributed by atoms with van der Waals surface area (Å²) in [5.74, 6) is -0.0688. The minimum atomic E-state index is -4.49. The van der Waals surface area contributed by atoms with Crippen molar-refractivity contribution < 1.29 is 32.2 Å². The van der Waals surface area contributed by atoms with Gasteiger partial charge in [-0.2, -0.15) is 13.2 Å². The number of alkyl halides is 3. The van der Waals surface area contributed by atoms with E-state index in [1.54, 1.807) is 20.8 Å². The molecule has 0 aromatic heterocycles. The van der Waals surface area contributed by atoms with E-state index in [1.807, 2.05) is 20.8 Å². The summed E-state index contributed by atoms with van der Waals surface area (Å²) in [6.07, 6.45) is -0.648. The van der Waals surface area contributed by atoms with Crippen molar-refractivity contribution in [2.24, 2.45) is 22.2 Å². The molecule has 32 heavy (non-hydrogen) atoms. The first-order valence-corrected chi connectivity index (χ1v) is 11.8. The van der Waals surface area contributed by atoms with E-state index in [0.29, 0.717) is 11.8 Å². The predicted molar refractivity (Wildman–Crippen MR) is 121 cm³/mol. The molecule has 0 aliphatic heterocycles. The lowest BCUT2D eigenvalue weighted by Gasteiger charge is -2.37. The Bertz CT molecular complexity index is 595. The molecule has 1 rings (SSSR count). The predicted octanol–water partition coefficient (Wildman–Crippen LogP) is 7.49. The van der Waals surface area contributed by atoms with Crippen molar-refractivity contribution >= 4 is 11.9 Å². The zero-order chi connectivity index (χ0) is 25.5. The molecule has 1 saturated carbocycles. The van der Waals surface area contributed by atoms with Crippen LogP contribution in [0.2, 0.25) is 0 Å². The maximum atomic E-state index is 12.0. The lowest BCUT2D eigenvalue weighted by Crippen LogP contribution is -2.36. The number of esters is 2. The molecule has 4 nitrogen and oxygen atoms in total. The van der Waals surface area contributed by atoms with Crippen molar-refractivity contribution in [2.45, 2.75) is 126 Å². The number of carbonyl (C=O) groups excluding carboxylic acids is 2. The molecule has 1 unspecified atom stereocenters. The first-order chi connectivity index (χ1) is 14.3. The largest absolute Gasteiger partial charge is 0.462 e. The average Bonchev–Trinajstić information content (AvgIpc) is 2.67. The zero-order valence-corrected chi connectivity index (χ0v) is 21.7. The highest BCUT2D eigenvalue weighted by Crippen LogP contribution is 2.39. The van der Waals surface area contributed by atoms with Gasteiger partial charge in [-0.3, -0.25) is 9.59 Å². The number of rotatable bonds is 6. The molecule has 1 aliphatic rings. The van der Waals surface area contributed by atoms with Crippen LogP contribution < -0.4 is 0 Å². The summed E-state index contributed by atoms with van der Waals surface area (Å²) in [7, 11) is 0. The third-order valence-corrected chi connectivity index (χ3v) is 6.79. The van der Waals surface area contributed by atoms with Gasteiger partial charge in [0.2, 0.25) is 0 Å². The van der Waals surface area contributed by atoms with Gasteiger partial charge in [0.05, 0.1) is 10.8 Å². The molecule has 0 bridgehead atoms. The summed E-state index contributed by atoms with van der Waals surface area (Å²) in [6.45, 7) is 18.6. The van der Waals surface area contributed by atoms with Gasteiger partial charge in [-0.05, 0) is 84.5 Å². The number of hydrogen-bond acceptors (Lipinski definition) is 4. The third kappa shape index (κ3) is 10.1. The van der Waals surface area contributed by atoms with E-state index in [0.717, 1.165) is 32.1 Å². The van der Waals surface area contributed by atoms with Crippen molar-refractivity contribution in [3.63, 3.8) is 0 Å². The van der Waals surface area contributed by atoms with Crippen LogP contribution >= 0.6 is 0 Å². The van der Waals surface area contributed by atoms with E-state index in [2.05, 4.69) is 25.5 Å². The second-order valence-corrected chi connectivity index (χ2v) is 11.3. The normalized spacial score (nSPS) is 21.2. The fourth-order valence-electron chi connectivity index (χ4n) is 3.03. The monoisotopic (exact) mass is 466 g/mol. The molecular weight excluding hydrogens is 421 g/mol. The van der Waals surface area contributed by atoms with Gasteiger partial charge in [-0.15, -0.1) is 0 Å². The molecule has 0 saturated heterocycles. The first kappa shape index (κ1) is 30.7. The minimum Gasteiger partial charge on any atom is -0.462 e. The Morgan fingerprint density at radius 3 is 1.56 bits per heavy atom. The van der Waals surface area contributed by atoms with Crippen molar-refractivity contribution in [2.75, 3.05) is 0 Å². The van der Waals surface area contributed by atoms with E-state index < -0.39 is 23.7 Å². The van der Waals surface area contributed by atoms with E-state index in [1.165, 1.54) is 12.8 Å². The lowest BCUT2D eigenvalue weighted by atomic mass is 9.72. The second-order valence-electron chi connectivity index (χ2n) is 11.3. The summed E-state index contributed by atoms with van der Waals surface area (Å²) < 4.78 is 46.0. The van der Waals surface area contributed by atoms with Gasteiger partial charge in [-0.25, -0.2) is 0 Å². The smallest absolute Gasteiger partial charge is 0.425 e. The number of ether oxygens (including phenoxy) is 2. The van der Waals surface area contributed by atoms with Gasteiger partial charge in [0, 0.05) is 0 Å². The quantitative estimate of drug-likeness (QED) is 0.381. The fourth-order valence-corrected chi connectivity index (χ4v) is 3.03. The van der Waals surface area contributed by atoms with Crippen LogP contribution in [0.25, 0.3) is 0 Å². The molecule has 190 valence electrons. The summed E-state index contributed by atoms with van der Waals surface area (Å²) in [6, 6.07) is 0. The molecule has 0 radical (unpaired) electrons. The van der Waals surface area contributed by atoms with Crippen molar-refractivity contribution in [3.05, 3.63) is 0 Å². The molecule has 1 atom stereocenters. The molecule has 0 aromatic rings. The van der Waals surface area contributed by atoms with Crippen LogP contribution in [0.15, 0.2) is 0 Å². The molecule has 1 fully saturated rings. The van der Waals surface area contributed by atoms with Gasteiger partial charge >= 0.3 is 18.1 Å². The van der Waals surface area contributed by atoms with E-state index in [-0.39, 0.29) is 17.5 Å². The highest BCUT2D eigenvalue weighted by molar-refractivity contribution is 5.76. The van der Waals surface area contributed by atoms with Crippen LogP contribution in [-0.4, -0.2) is 30.3 Å². The lowest BCUT2D eigenvalue weighted by molar-refractivity contribution is -0.221. The summed E-state index contributed by atoms with van der Waals surface area (Å²) >= 11 is 0. The molecule has 0 heterocycles. The van der Waals surface area contributed by atoms with Gasteiger partial charge in [-0.1, -0.05) is 34.6 Å². The van der Waals surface area contributed by atoms with Gasteiger partial charge in [0.15, 0.2) is 6.10 Å². The Kier molecular flexibility index (Phi) is 11.3. The molecule has 7 heteroatoms. The van der Waals surface area contributed by atoms with Gasteiger partial charge < -0.3 is 9.47 Å². The summed E-state index contributed by atoms with van der Waals surface area (Å²) in [5, 5.41) is 0. The molecule has 0 N–H and O–H groups in total. The van der Waals surface area contributed by atoms with Crippen molar-refractivity contribution in [1.29, 1.82) is 0 Å². The number of carbonyl (C=O) groups is 2. The van der Waals surface area contributed by atoms with Crippen LogP contribution in [0.3, 0.4) is 0 Å². The third-order valence-electron chi connectivity index (χ3n) is 6.79. The Labute approximate surface area is 193 Å². The van der Waals surface area contributed by atoms with Gasteiger partial charge in [0.25, 0.3) is 0 Å². The molecule has 1 aliphatic carbocycles. The molecule has 0 spiro atoms.